The van der Waals surface area contributed by atoms with E-state index >= 15 is 0 Å². The third-order valence-corrected chi connectivity index (χ3v) is 7.13. The van der Waals surface area contributed by atoms with Crippen LogP contribution >= 0.6 is 0 Å². The smallest absolute Gasteiger partial charge is 0.313 e. The average molecular weight is 606 g/mol. The minimum absolute atomic E-state index is 0.0804. The van der Waals surface area contributed by atoms with Crippen molar-refractivity contribution in [1.82, 2.24) is 15.6 Å². The molecule has 0 radical (unpaired) electrons. The van der Waals surface area contributed by atoms with Crippen LogP contribution in [-0.2, 0) is 9.59 Å². The van der Waals surface area contributed by atoms with E-state index in [0.717, 1.165) is 22.6 Å². The van der Waals surface area contributed by atoms with Gasteiger partial charge in [-0.1, -0.05) is 52.0 Å². The average Bonchev–Trinajstić information content (AvgIpc) is 3.01. The lowest BCUT2D eigenvalue weighted by atomic mass is 9.85. The maximum atomic E-state index is 13.8. The molecule has 0 fully saturated rings. The fourth-order valence-electron chi connectivity index (χ4n) is 4.80. The van der Waals surface area contributed by atoms with Gasteiger partial charge in [0.1, 0.15) is 17.5 Å². The van der Waals surface area contributed by atoms with Crippen molar-refractivity contribution in [1.29, 1.82) is 0 Å². The zero-order valence-corrected chi connectivity index (χ0v) is 26.7. The Morgan fingerprint density at radius 2 is 1.30 bits per heavy atom. The zero-order valence-electron chi connectivity index (χ0n) is 26.7. The van der Waals surface area contributed by atoms with E-state index in [1.54, 1.807) is 28.1 Å². The second kappa shape index (κ2) is 15.7. The lowest BCUT2D eigenvalue weighted by Gasteiger charge is -2.29. The van der Waals surface area contributed by atoms with Crippen LogP contribution in [-0.4, -0.2) is 56.2 Å². The first-order valence-corrected chi connectivity index (χ1v) is 14.6. The number of ether oxygens (including phenoxy) is 4. The van der Waals surface area contributed by atoms with Crippen LogP contribution in [0.5, 0.6) is 23.0 Å². The van der Waals surface area contributed by atoms with Crippen LogP contribution in [0.25, 0.3) is 0 Å². The Labute approximate surface area is 259 Å². The molecular weight excluding hydrogens is 562 g/mol. The molecule has 0 unspecified atom stereocenters. The lowest BCUT2D eigenvalue weighted by molar-refractivity contribution is -0.137. The lowest BCUT2D eigenvalue weighted by Crippen LogP contribution is -2.51. The highest BCUT2D eigenvalue weighted by atomic mass is 16.6. The number of amides is 2. The number of hydrogen-bond acceptors (Lipinski definition) is 8. The minimum Gasteiger partial charge on any atom is -0.497 e. The van der Waals surface area contributed by atoms with Crippen molar-refractivity contribution >= 4 is 17.8 Å². The van der Waals surface area contributed by atoms with E-state index < -0.39 is 23.8 Å². The highest BCUT2D eigenvalue weighted by molar-refractivity contribution is 5.99. The van der Waals surface area contributed by atoms with Gasteiger partial charge in [-0.2, -0.15) is 0 Å². The molecule has 1 aromatic heterocycles. The van der Waals surface area contributed by atoms with Crippen molar-refractivity contribution in [2.75, 3.05) is 21.3 Å². The standard InChI is InChI=1S/C34H43N3O7/c1-20(2)19-27(37-33(39)30-31(44-34(40)21(3)4)28(43-8)17-18-35-30)32(38)36-22(5)29(23-9-13-25(41-6)14-10-23)24-11-15-26(42-7)16-12-24/h9-18,20-22,27,29H,19H2,1-8H3,(H,36,38)(H,37,39)/t22-,27-/m0/s1. The summed E-state index contributed by atoms with van der Waals surface area (Å²) in [5.74, 6) is -0.598. The Morgan fingerprint density at radius 1 is 0.750 bits per heavy atom. The number of benzene rings is 2. The Kier molecular flexibility index (Phi) is 12.1. The van der Waals surface area contributed by atoms with Gasteiger partial charge in [-0.3, -0.25) is 14.4 Å². The molecular formula is C34H43N3O7. The summed E-state index contributed by atoms with van der Waals surface area (Å²) in [7, 11) is 4.63. The van der Waals surface area contributed by atoms with Gasteiger partial charge in [-0.25, -0.2) is 4.98 Å². The SMILES string of the molecule is COc1ccc(C(c2ccc(OC)cc2)[C@H](C)NC(=O)[C@H](CC(C)C)NC(=O)c2nccc(OC)c2OC(=O)C(C)C)cc1. The van der Waals surface area contributed by atoms with Gasteiger partial charge in [0.15, 0.2) is 11.4 Å². The quantitative estimate of drug-likeness (QED) is 0.242. The second-order valence-corrected chi connectivity index (χ2v) is 11.2. The summed E-state index contributed by atoms with van der Waals surface area (Å²) < 4.78 is 21.5. The summed E-state index contributed by atoms with van der Waals surface area (Å²) in [6, 6.07) is 15.7. The van der Waals surface area contributed by atoms with Crippen molar-refractivity contribution in [3.63, 3.8) is 0 Å². The molecule has 0 aliphatic rings. The first-order valence-electron chi connectivity index (χ1n) is 14.6. The van der Waals surface area contributed by atoms with Gasteiger partial charge in [0.25, 0.3) is 5.91 Å². The Balaban J connectivity index is 1.90. The second-order valence-electron chi connectivity index (χ2n) is 11.2. The van der Waals surface area contributed by atoms with E-state index in [-0.39, 0.29) is 41.0 Å². The molecule has 0 bridgehead atoms. The van der Waals surface area contributed by atoms with Crippen molar-refractivity contribution in [3.8, 4) is 23.0 Å². The van der Waals surface area contributed by atoms with Gasteiger partial charge in [0.05, 0.1) is 27.2 Å². The molecule has 3 rings (SSSR count). The van der Waals surface area contributed by atoms with Crippen LogP contribution in [0.1, 0.15) is 68.6 Å². The number of methoxy groups -OCH3 is 3. The van der Waals surface area contributed by atoms with Crippen LogP contribution in [0.4, 0.5) is 0 Å². The zero-order chi connectivity index (χ0) is 32.4. The van der Waals surface area contributed by atoms with Crippen molar-refractivity contribution in [2.45, 2.75) is 59.0 Å². The summed E-state index contributed by atoms with van der Waals surface area (Å²) >= 11 is 0. The molecule has 0 aliphatic heterocycles. The highest BCUT2D eigenvalue weighted by Crippen LogP contribution is 2.32. The highest BCUT2D eigenvalue weighted by Gasteiger charge is 2.30. The number of nitrogens with zero attached hydrogens (tertiary/aromatic N) is 1. The number of aromatic nitrogens is 1. The molecule has 0 saturated heterocycles. The van der Waals surface area contributed by atoms with Gasteiger partial charge in [0.2, 0.25) is 11.7 Å². The van der Waals surface area contributed by atoms with Gasteiger partial charge in [-0.05, 0) is 54.7 Å². The van der Waals surface area contributed by atoms with Crippen molar-refractivity contribution < 1.29 is 33.3 Å². The van der Waals surface area contributed by atoms with Crippen LogP contribution in [0.15, 0.2) is 60.8 Å². The van der Waals surface area contributed by atoms with E-state index in [9.17, 15) is 14.4 Å². The number of esters is 1. The molecule has 2 amide bonds. The largest absolute Gasteiger partial charge is 0.497 e. The van der Waals surface area contributed by atoms with Crippen LogP contribution in [0, 0.1) is 11.8 Å². The van der Waals surface area contributed by atoms with E-state index in [2.05, 4.69) is 15.6 Å². The Bertz CT molecular complexity index is 1360. The molecule has 44 heavy (non-hydrogen) atoms. The van der Waals surface area contributed by atoms with E-state index in [0.29, 0.717) is 6.42 Å². The van der Waals surface area contributed by atoms with E-state index in [4.69, 9.17) is 18.9 Å². The fraction of sp³-hybridized carbons (Fsp3) is 0.412. The predicted octanol–water partition coefficient (Wildman–Crippen LogP) is 5.15. The molecule has 10 heteroatoms. The van der Waals surface area contributed by atoms with Gasteiger partial charge < -0.3 is 29.6 Å². The topological polar surface area (TPSA) is 125 Å². The first kappa shape index (κ1) is 33.9. The number of nitrogens with one attached hydrogen (secondary N) is 2. The maximum Gasteiger partial charge on any atom is 0.313 e. The molecule has 0 saturated carbocycles. The number of hydrogen-bond donors (Lipinski definition) is 2. The summed E-state index contributed by atoms with van der Waals surface area (Å²) in [6.07, 6.45) is 1.75. The maximum absolute atomic E-state index is 13.8. The molecule has 0 spiro atoms. The third kappa shape index (κ3) is 8.72. The molecule has 3 aromatic rings. The van der Waals surface area contributed by atoms with E-state index in [1.807, 2.05) is 69.3 Å². The van der Waals surface area contributed by atoms with Crippen molar-refractivity contribution in [2.24, 2.45) is 11.8 Å². The molecule has 1 heterocycles. The fourth-order valence-corrected chi connectivity index (χ4v) is 4.80. The molecule has 2 aromatic carbocycles. The Hall–Kier alpha value is -4.60. The summed E-state index contributed by atoms with van der Waals surface area (Å²) in [6.45, 7) is 9.22. The number of rotatable bonds is 14. The van der Waals surface area contributed by atoms with Gasteiger partial charge in [-0.15, -0.1) is 0 Å². The minimum atomic E-state index is -0.890. The van der Waals surface area contributed by atoms with Crippen LogP contribution < -0.4 is 29.6 Å². The van der Waals surface area contributed by atoms with Gasteiger partial charge >= 0.3 is 5.97 Å². The van der Waals surface area contributed by atoms with Gasteiger partial charge in [0, 0.05) is 24.2 Å². The summed E-state index contributed by atoms with van der Waals surface area (Å²) in [4.78, 5) is 43.9. The molecule has 236 valence electrons. The predicted molar refractivity (Wildman–Crippen MR) is 167 cm³/mol. The number of pyridine rings is 1. The molecule has 10 nitrogen and oxygen atoms in total. The van der Waals surface area contributed by atoms with Crippen LogP contribution in [0.3, 0.4) is 0 Å². The normalized spacial score (nSPS) is 12.4. The van der Waals surface area contributed by atoms with Crippen molar-refractivity contribution in [3.05, 3.63) is 77.6 Å². The molecule has 2 atom stereocenters. The number of carbonyl (C=O) groups is 3. The number of carbonyl (C=O) groups excluding carboxylic acids is 3. The van der Waals surface area contributed by atoms with Crippen LogP contribution in [0.2, 0.25) is 0 Å². The summed E-state index contributed by atoms with van der Waals surface area (Å²) in [5, 5.41) is 5.95. The Morgan fingerprint density at radius 3 is 1.75 bits per heavy atom. The molecule has 0 aliphatic carbocycles. The third-order valence-electron chi connectivity index (χ3n) is 7.13. The first-order chi connectivity index (χ1) is 21.0. The molecule has 2 N–H and O–H groups in total. The monoisotopic (exact) mass is 605 g/mol. The summed E-state index contributed by atoms with van der Waals surface area (Å²) in [5.41, 5.74) is 1.80. The van der Waals surface area contributed by atoms with E-state index in [1.165, 1.54) is 19.4 Å².